The molecule has 1 unspecified atom stereocenters. The Morgan fingerprint density at radius 2 is 1.39 bits per heavy atom. The van der Waals surface area contributed by atoms with Crippen molar-refractivity contribution >= 4 is 17.5 Å². The fourth-order valence-corrected chi connectivity index (χ4v) is 3.12. The Morgan fingerprint density at radius 1 is 0.774 bits per heavy atom. The molecule has 3 rings (SSSR count). The number of benzene rings is 3. The largest absolute Gasteiger partial charge is 0.492 e. The van der Waals surface area contributed by atoms with Gasteiger partial charge >= 0.3 is 0 Å². The molecule has 31 heavy (non-hydrogen) atoms. The molecule has 5 nitrogen and oxygen atoms in total. The third-order valence-electron chi connectivity index (χ3n) is 4.77. The van der Waals surface area contributed by atoms with Crippen molar-refractivity contribution < 1.29 is 14.3 Å². The van der Waals surface area contributed by atoms with Crippen LogP contribution >= 0.6 is 0 Å². The maximum Gasteiger partial charge on any atom is 0.259 e. The van der Waals surface area contributed by atoms with Crippen molar-refractivity contribution in [2.24, 2.45) is 5.92 Å². The minimum Gasteiger partial charge on any atom is -0.492 e. The minimum atomic E-state index is -0.323. The van der Waals surface area contributed by atoms with Gasteiger partial charge in [-0.05, 0) is 42.7 Å². The molecule has 2 amide bonds. The second-order valence-electron chi connectivity index (χ2n) is 7.81. The molecule has 2 N–H and O–H groups in total. The van der Waals surface area contributed by atoms with Gasteiger partial charge in [0.2, 0.25) is 0 Å². The van der Waals surface area contributed by atoms with E-state index in [1.54, 1.807) is 42.5 Å². The van der Waals surface area contributed by atoms with Gasteiger partial charge in [-0.25, -0.2) is 0 Å². The van der Waals surface area contributed by atoms with Gasteiger partial charge in [-0.3, -0.25) is 9.59 Å². The lowest BCUT2D eigenvalue weighted by atomic mass is 10.1. The Hall–Kier alpha value is -3.60. The molecule has 0 fully saturated rings. The van der Waals surface area contributed by atoms with Crippen LogP contribution in [0.2, 0.25) is 0 Å². The van der Waals surface area contributed by atoms with E-state index in [0.29, 0.717) is 35.1 Å². The smallest absolute Gasteiger partial charge is 0.259 e. The van der Waals surface area contributed by atoms with Crippen LogP contribution in [0, 0.1) is 5.92 Å². The molecule has 0 saturated carbocycles. The van der Waals surface area contributed by atoms with Crippen LogP contribution in [0.5, 0.6) is 5.75 Å². The molecule has 160 valence electrons. The van der Waals surface area contributed by atoms with Gasteiger partial charge in [0.1, 0.15) is 5.75 Å². The molecule has 0 radical (unpaired) electrons. The van der Waals surface area contributed by atoms with Gasteiger partial charge in [0.05, 0.1) is 29.5 Å². The molecule has 0 bridgehead atoms. The highest BCUT2D eigenvalue weighted by Gasteiger charge is 2.18. The maximum absolute atomic E-state index is 13.0. The first-order valence-corrected chi connectivity index (χ1v) is 10.4. The average Bonchev–Trinajstić information content (AvgIpc) is 2.78. The Balaban J connectivity index is 1.77. The van der Waals surface area contributed by atoms with E-state index >= 15 is 0 Å². The first kappa shape index (κ1) is 22.1. The van der Waals surface area contributed by atoms with Gasteiger partial charge in [-0.15, -0.1) is 0 Å². The molecule has 0 aromatic heterocycles. The van der Waals surface area contributed by atoms with Gasteiger partial charge in [-0.2, -0.15) is 0 Å². The monoisotopic (exact) mass is 416 g/mol. The summed E-state index contributed by atoms with van der Waals surface area (Å²) in [5.74, 6) is 0.285. The van der Waals surface area contributed by atoms with E-state index in [4.69, 9.17) is 4.74 Å². The topological polar surface area (TPSA) is 67.4 Å². The second kappa shape index (κ2) is 10.4. The number of para-hydroxylation sites is 2. The third kappa shape index (κ3) is 5.95. The van der Waals surface area contributed by atoms with Crippen LogP contribution in [0.4, 0.5) is 5.69 Å². The number of carbonyl (C=O) groups is 2. The molecular weight excluding hydrogens is 388 g/mol. The van der Waals surface area contributed by atoms with Crippen molar-refractivity contribution in [3.8, 4) is 5.75 Å². The summed E-state index contributed by atoms with van der Waals surface area (Å²) in [4.78, 5) is 25.9. The Labute approximate surface area is 183 Å². The molecule has 3 aromatic carbocycles. The molecule has 3 aromatic rings. The van der Waals surface area contributed by atoms with Crippen LogP contribution in [0.15, 0.2) is 78.9 Å². The molecule has 0 aliphatic carbocycles. The summed E-state index contributed by atoms with van der Waals surface area (Å²) in [7, 11) is 0. The van der Waals surface area contributed by atoms with Crippen LogP contribution in [-0.2, 0) is 0 Å². The van der Waals surface area contributed by atoms with Crippen molar-refractivity contribution in [3.63, 3.8) is 0 Å². The molecule has 0 aliphatic heterocycles. The zero-order valence-corrected chi connectivity index (χ0v) is 18.1. The molecule has 1 atom stereocenters. The number of anilines is 1. The predicted molar refractivity (Wildman–Crippen MR) is 123 cm³/mol. The third-order valence-corrected chi connectivity index (χ3v) is 4.77. The molecule has 0 saturated heterocycles. The van der Waals surface area contributed by atoms with Gasteiger partial charge < -0.3 is 15.4 Å². The van der Waals surface area contributed by atoms with E-state index in [9.17, 15) is 9.59 Å². The van der Waals surface area contributed by atoms with E-state index in [2.05, 4.69) is 10.6 Å². The van der Waals surface area contributed by atoms with Crippen LogP contribution < -0.4 is 15.4 Å². The van der Waals surface area contributed by atoms with Gasteiger partial charge in [0, 0.05) is 0 Å². The van der Waals surface area contributed by atoms with Crippen LogP contribution in [0.3, 0.4) is 0 Å². The van der Waals surface area contributed by atoms with Crippen LogP contribution in [-0.4, -0.2) is 18.4 Å². The number of hydrogen-bond acceptors (Lipinski definition) is 3. The summed E-state index contributed by atoms with van der Waals surface area (Å²) in [6, 6.07) is 23.7. The molecule has 0 aliphatic rings. The lowest BCUT2D eigenvalue weighted by molar-refractivity contribution is 0.0940. The van der Waals surface area contributed by atoms with Crippen molar-refractivity contribution in [3.05, 3.63) is 95.6 Å². The van der Waals surface area contributed by atoms with Gasteiger partial charge in [-0.1, -0.05) is 68.4 Å². The van der Waals surface area contributed by atoms with E-state index in [-0.39, 0.29) is 17.9 Å². The minimum absolute atomic E-state index is 0.164. The summed E-state index contributed by atoms with van der Waals surface area (Å²) in [5.41, 5.74) is 2.28. The van der Waals surface area contributed by atoms with Crippen molar-refractivity contribution in [2.45, 2.75) is 26.8 Å². The SMILES string of the molecule is CC(C)COc1ccccc1C(=O)Nc1ccccc1C(=O)NC(C)c1ccccc1. The zero-order chi connectivity index (χ0) is 22.2. The zero-order valence-electron chi connectivity index (χ0n) is 18.1. The maximum atomic E-state index is 13.0. The quantitative estimate of drug-likeness (QED) is 0.512. The average molecular weight is 417 g/mol. The molecular formula is C26H28N2O3. The Kier molecular flexibility index (Phi) is 7.44. The van der Waals surface area contributed by atoms with Crippen LogP contribution in [0.25, 0.3) is 0 Å². The van der Waals surface area contributed by atoms with Crippen molar-refractivity contribution in [1.82, 2.24) is 5.32 Å². The van der Waals surface area contributed by atoms with Crippen LogP contribution in [0.1, 0.15) is 53.1 Å². The number of amides is 2. The van der Waals surface area contributed by atoms with E-state index in [0.717, 1.165) is 5.56 Å². The van der Waals surface area contributed by atoms with E-state index in [1.807, 2.05) is 57.2 Å². The fourth-order valence-electron chi connectivity index (χ4n) is 3.12. The normalized spacial score (nSPS) is 11.6. The standard InChI is InChI=1S/C26H28N2O3/c1-18(2)17-31-24-16-10-8-14-22(24)26(30)28-23-15-9-7-13-21(23)25(29)27-19(3)20-11-5-4-6-12-20/h4-16,18-19H,17H2,1-3H3,(H,27,29)(H,28,30). The molecule has 0 spiro atoms. The number of nitrogens with one attached hydrogen (secondary N) is 2. The Morgan fingerprint density at radius 3 is 2.10 bits per heavy atom. The summed E-state index contributed by atoms with van der Waals surface area (Å²) in [6.45, 7) is 6.54. The van der Waals surface area contributed by atoms with E-state index in [1.165, 1.54) is 0 Å². The predicted octanol–water partition coefficient (Wildman–Crippen LogP) is 5.46. The number of ether oxygens (including phenoxy) is 1. The fraction of sp³-hybridized carbons (Fsp3) is 0.231. The first-order chi connectivity index (χ1) is 15.0. The molecule has 5 heteroatoms. The number of rotatable bonds is 8. The van der Waals surface area contributed by atoms with Gasteiger partial charge in [0.25, 0.3) is 11.8 Å². The highest BCUT2D eigenvalue weighted by Crippen LogP contribution is 2.23. The number of carbonyl (C=O) groups excluding carboxylic acids is 2. The lowest BCUT2D eigenvalue weighted by Crippen LogP contribution is -2.28. The summed E-state index contributed by atoms with van der Waals surface area (Å²) < 4.78 is 5.80. The molecule has 0 heterocycles. The summed E-state index contributed by atoms with van der Waals surface area (Å²) in [6.07, 6.45) is 0. The first-order valence-electron chi connectivity index (χ1n) is 10.4. The van der Waals surface area contributed by atoms with Crippen molar-refractivity contribution in [2.75, 3.05) is 11.9 Å². The Bertz CT molecular complexity index is 1030. The number of hydrogen-bond donors (Lipinski definition) is 2. The highest BCUT2D eigenvalue weighted by atomic mass is 16.5. The lowest BCUT2D eigenvalue weighted by Gasteiger charge is -2.17. The van der Waals surface area contributed by atoms with Crippen molar-refractivity contribution in [1.29, 1.82) is 0 Å². The van der Waals surface area contributed by atoms with Gasteiger partial charge in [0.15, 0.2) is 0 Å². The second-order valence-corrected chi connectivity index (χ2v) is 7.81. The summed E-state index contributed by atoms with van der Waals surface area (Å²) >= 11 is 0. The summed E-state index contributed by atoms with van der Waals surface area (Å²) in [5, 5.41) is 5.86. The van der Waals surface area contributed by atoms with E-state index < -0.39 is 0 Å². The highest BCUT2D eigenvalue weighted by molar-refractivity contribution is 6.10.